The van der Waals surface area contributed by atoms with Gasteiger partial charge in [0.1, 0.15) is 0 Å². The summed E-state index contributed by atoms with van der Waals surface area (Å²) in [5.41, 5.74) is 0. The van der Waals surface area contributed by atoms with E-state index in [2.05, 4.69) is 121 Å². The van der Waals surface area contributed by atoms with Gasteiger partial charge in [-0.1, -0.05) is 0 Å². The van der Waals surface area contributed by atoms with E-state index >= 15 is 0 Å². The summed E-state index contributed by atoms with van der Waals surface area (Å²) in [6.45, 7) is -0.817. The van der Waals surface area contributed by atoms with Gasteiger partial charge in [-0.25, -0.2) is 0 Å². The molecule has 0 N–H and O–H groups in total. The summed E-state index contributed by atoms with van der Waals surface area (Å²) in [6.07, 6.45) is 0. The quantitative estimate of drug-likeness (QED) is 0.225. The summed E-state index contributed by atoms with van der Waals surface area (Å²) in [5.74, 6) is 0. The van der Waals surface area contributed by atoms with E-state index in [1.165, 1.54) is 35.3 Å². The van der Waals surface area contributed by atoms with Crippen LogP contribution in [0.15, 0.2) is 121 Å². The van der Waals surface area contributed by atoms with E-state index in [1.807, 2.05) is 0 Å². The molecule has 0 heterocycles. The van der Waals surface area contributed by atoms with Crippen molar-refractivity contribution < 1.29 is 14.1 Å². The topological polar surface area (TPSA) is 0 Å². The summed E-state index contributed by atoms with van der Waals surface area (Å²) in [4.78, 5) is 0. The van der Waals surface area contributed by atoms with E-state index in [0.717, 1.165) is 0 Å². The summed E-state index contributed by atoms with van der Waals surface area (Å²) in [7, 11) is 0. The Hall–Kier alpha value is -1.16. The van der Waals surface area contributed by atoms with Crippen LogP contribution in [0.4, 0.5) is 0 Å². The van der Waals surface area contributed by atoms with Crippen molar-refractivity contribution in [3.8, 4) is 0 Å². The molecule has 0 unspecified atom stereocenters. The zero-order chi connectivity index (χ0) is 18.3. The Morgan fingerprint density at radius 2 is 0.552 bits per heavy atom. The van der Waals surface area contributed by atoms with Crippen molar-refractivity contribution in [2.45, 2.75) is 0 Å². The first-order valence-corrected chi connectivity index (χ1v) is 14.2. The third-order valence-corrected chi connectivity index (χ3v) is 15.5. The molecule has 0 fully saturated rings. The number of hydrogen-bond donors (Lipinski definition) is 0. The molecule has 29 heavy (non-hydrogen) atoms. The third-order valence-electron chi connectivity index (χ3n) is 4.05. The van der Waals surface area contributed by atoms with Gasteiger partial charge in [-0.15, -0.1) is 24.8 Å². The summed E-state index contributed by atoms with van der Waals surface area (Å²) in [6, 6.07) is 44.1. The minimum absolute atomic E-state index is 0. The molecule has 0 aliphatic carbocycles. The van der Waals surface area contributed by atoms with E-state index in [-0.39, 0.29) is 24.8 Å². The van der Waals surface area contributed by atoms with Crippen molar-refractivity contribution in [2.75, 3.05) is 0 Å². The van der Waals surface area contributed by atoms with Crippen LogP contribution in [0.1, 0.15) is 0 Å². The summed E-state index contributed by atoms with van der Waals surface area (Å²) in [5, 5.41) is 5.83. The molecule has 0 aromatic heterocycles. The number of benzene rings is 4. The molecule has 150 valence electrons. The molecule has 0 amide bonds. The number of halogens is 2. The average molecular weight is 499 g/mol. The van der Waals surface area contributed by atoms with Crippen molar-refractivity contribution in [3.63, 3.8) is 0 Å². The Balaban J connectivity index is 0.00000150. The predicted octanol–water partition coefficient (Wildman–Crippen LogP) is 6.01. The van der Waals surface area contributed by atoms with Gasteiger partial charge in [0.05, 0.1) is 0 Å². The van der Waals surface area contributed by atoms with E-state index in [9.17, 15) is 0 Å². The van der Waals surface area contributed by atoms with Crippen LogP contribution < -0.4 is 21.2 Å². The van der Waals surface area contributed by atoms with Crippen LogP contribution in [0.25, 0.3) is 0 Å². The molecular formula is C24H22Cl2FeP2. The average Bonchev–Trinajstić information content (AvgIpc) is 2.77. The maximum absolute atomic E-state index is 2.29. The molecule has 0 saturated carbocycles. The molecular weight excluding hydrogens is 477 g/mol. The second-order valence-corrected chi connectivity index (χ2v) is 14.6. The molecule has 4 aromatic carbocycles. The van der Waals surface area contributed by atoms with E-state index in [0.29, 0.717) is 0 Å². The van der Waals surface area contributed by atoms with Crippen LogP contribution in [0, 0.1) is 0 Å². The van der Waals surface area contributed by atoms with Crippen LogP contribution in [-0.4, -0.2) is 0 Å². The molecule has 0 aliphatic heterocycles. The van der Waals surface area contributed by atoms with Crippen molar-refractivity contribution >= 4 is 59.3 Å². The van der Waals surface area contributed by atoms with Crippen LogP contribution in [-0.2, 0) is 14.1 Å². The SMILES string of the molecule is Cl.Cl.c1ccc([P]([Fe][P](c2ccccc2)c2ccccc2)c2ccccc2)cc1. The van der Waals surface area contributed by atoms with Crippen LogP contribution in [0.5, 0.6) is 0 Å². The molecule has 0 atom stereocenters. The van der Waals surface area contributed by atoms with Crippen molar-refractivity contribution in [3.05, 3.63) is 121 Å². The van der Waals surface area contributed by atoms with Gasteiger partial charge in [0.2, 0.25) is 0 Å². The minimum atomic E-state index is -0.409. The van der Waals surface area contributed by atoms with Gasteiger partial charge >= 0.3 is 170 Å². The van der Waals surface area contributed by atoms with Crippen molar-refractivity contribution in [1.82, 2.24) is 0 Å². The van der Waals surface area contributed by atoms with Gasteiger partial charge in [-0.2, -0.15) is 0 Å². The molecule has 5 heteroatoms. The standard InChI is InChI=1S/2C12H10P.2ClH.Fe/c2*1-3-7-11(8-4-1)13-12-9-5-2-6-10-12;;;/h2*1-10H;2*1H;/q2*-1;;;+2. The molecule has 0 nitrogen and oxygen atoms in total. The van der Waals surface area contributed by atoms with Gasteiger partial charge in [0.15, 0.2) is 0 Å². The molecule has 0 spiro atoms. The monoisotopic (exact) mass is 498 g/mol. The molecule has 4 aromatic rings. The molecule has 4 rings (SSSR count). The molecule has 0 saturated heterocycles. The third kappa shape index (κ3) is 6.41. The Morgan fingerprint density at radius 1 is 0.345 bits per heavy atom. The number of rotatable bonds is 6. The van der Waals surface area contributed by atoms with Gasteiger partial charge in [0.25, 0.3) is 0 Å². The van der Waals surface area contributed by atoms with E-state index in [4.69, 9.17) is 0 Å². The maximum atomic E-state index is 2.29. The fourth-order valence-electron chi connectivity index (χ4n) is 2.75. The van der Waals surface area contributed by atoms with E-state index < -0.39 is 13.2 Å². The Kier molecular flexibility index (Phi) is 10.4. The second kappa shape index (κ2) is 12.5. The van der Waals surface area contributed by atoms with Crippen LogP contribution in [0.3, 0.4) is 0 Å². The summed E-state index contributed by atoms with van der Waals surface area (Å²) >= 11 is 1.17. The van der Waals surface area contributed by atoms with Gasteiger partial charge in [-0.3, -0.25) is 0 Å². The fourth-order valence-corrected chi connectivity index (χ4v) is 15.5. The number of hydrogen-bond acceptors (Lipinski definition) is 0. The fraction of sp³-hybridized carbons (Fsp3) is 0. The zero-order valence-electron chi connectivity index (χ0n) is 15.6. The molecule has 0 bridgehead atoms. The van der Waals surface area contributed by atoms with E-state index in [1.54, 1.807) is 0 Å². The molecule has 0 radical (unpaired) electrons. The predicted molar refractivity (Wildman–Crippen MR) is 133 cm³/mol. The van der Waals surface area contributed by atoms with Gasteiger partial charge in [-0.05, 0) is 0 Å². The van der Waals surface area contributed by atoms with Crippen molar-refractivity contribution in [2.24, 2.45) is 0 Å². The zero-order valence-corrected chi connectivity index (χ0v) is 20.1. The van der Waals surface area contributed by atoms with Gasteiger partial charge < -0.3 is 0 Å². The molecule has 0 aliphatic rings. The second-order valence-electron chi connectivity index (χ2n) is 5.95. The van der Waals surface area contributed by atoms with Gasteiger partial charge in [0, 0.05) is 0 Å². The first kappa shape index (κ1) is 24.1. The van der Waals surface area contributed by atoms with Crippen LogP contribution in [0.2, 0.25) is 0 Å². The Morgan fingerprint density at radius 3 is 0.759 bits per heavy atom. The first-order chi connectivity index (χ1) is 13.4. The van der Waals surface area contributed by atoms with Crippen molar-refractivity contribution in [1.29, 1.82) is 0 Å². The van der Waals surface area contributed by atoms with Crippen LogP contribution >= 0.6 is 38.0 Å². The Labute approximate surface area is 193 Å². The first-order valence-electron chi connectivity index (χ1n) is 8.85. The normalized spacial score (nSPS) is 10.4. The Bertz CT molecular complexity index is 795. The summed E-state index contributed by atoms with van der Waals surface area (Å²) < 4.78 is 0.